The number of H-pyrrole nitrogens is 1. The molecule has 0 saturated carbocycles. The number of nitrogens with zero attached hydrogens (tertiary/aromatic N) is 1. The first-order valence-electron chi connectivity index (χ1n) is 7.40. The van der Waals surface area contributed by atoms with E-state index in [0.29, 0.717) is 15.0 Å². The highest BCUT2D eigenvalue weighted by Gasteiger charge is 2.19. The number of carboxylic acids is 1. The number of hydrogen-bond donors (Lipinski definition) is 2. The van der Waals surface area contributed by atoms with Gasteiger partial charge in [0.1, 0.15) is 5.56 Å². The number of aromatic amines is 1. The van der Waals surface area contributed by atoms with Gasteiger partial charge in [-0.05, 0) is 24.1 Å². The molecule has 0 spiro atoms. The zero-order valence-corrected chi connectivity index (χ0v) is 14.6. The molecule has 0 aliphatic carbocycles. The Morgan fingerprint density at radius 1 is 1.39 bits per heavy atom. The molecule has 2 aromatic rings. The number of fused-ring (bicyclic) bond motifs is 1. The Hall–Kier alpha value is -1.45. The van der Waals surface area contributed by atoms with Gasteiger partial charge in [-0.2, -0.15) is 0 Å². The maximum atomic E-state index is 12.3. The van der Waals surface area contributed by atoms with E-state index < -0.39 is 11.4 Å². The molecule has 3 rings (SSSR count). The summed E-state index contributed by atoms with van der Waals surface area (Å²) in [6.07, 6.45) is 2.05. The van der Waals surface area contributed by atoms with Crippen molar-refractivity contribution < 1.29 is 14.6 Å². The molecule has 1 fully saturated rings. The fraction of sp³-hybridized carbons (Fsp3) is 0.375. The maximum Gasteiger partial charge on any atom is 0.341 e. The summed E-state index contributed by atoms with van der Waals surface area (Å²) in [5.41, 5.74) is 1.01. The van der Waals surface area contributed by atoms with Crippen LogP contribution in [0.1, 0.15) is 15.9 Å². The predicted octanol–water partition coefficient (Wildman–Crippen LogP) is 1.86. The molecule has 7 heteroatoms. The molecule has 0 amide bonds. The van der Waals surface area contributed by atoms with Gasteiger partial charge in [0.15, 0.2) is 0 Å². The summed E-state index contributed by atoms with van der Waals surface area (Å²) in [5.74, 6) is -1.21. The van der Waals surface area contributed by atoms with E-state index >= 15 is 0 Å². The van der Waals surface area contributed by atoms with E-state index in [4.69, 9.17) is 9.84 Å². The van der Waals surface area contributed by atoms with Crippen LogP contribution in [0.4, 0.5) is 0 Å². The normalized spacial score (nSPS) is 17.3. The average Bonchev–Trinajstić information content (AvgIpc) is 2.56. The first kappa shape index (κ1) is 16.4. The number of benzene rings is 1. The fourth-order valence-electron chi connectivity index (χ4n) is 2.73. The molecule has 0 bridgehead atoms. The van der Waals surface area contributed by atoms with Gasteiger partial charge in [-0.1, -0.05) is 28.7 Å². The number of rotatable bonds is 4. The number of carboxylic acid groups (broad SMARTS) is 1. The summed E-state index contributed by atoms with van der Waals surface area (Å²) in [6, 6.07) is 5.61. The lowest BCUT2D eigenvalue weighted by Crippen LogP contribution is -2.41. The lowest BCUT2D eigenvalue weighted by Gasteiger charge is -2.31. The van der Waals surface area contributed by atoms with Crippen LogP contribution in [0.3, 0.4) is 0 Å². The molecule has 0 radical (unpaired) electrons. The number of aromatic nitrogens is 1. The number of hydrogen-bond acceptors (Lipinski definition) is 4. The van der Waals surface area contributed by atoms with Crippen LogP contribution in [-0.2, 0) is 11.2 Å². The summed E-state index contributed by atoms with van der Waals surface area (Å²) in [6.45, 7) is 3.31. The van der Waals surface area contributed by atoms with Crippen LogP contribution < -0.4 is 5.43 Å². The van der Waals surface area contributed by atoms with E-state index in [-0.39, 0.29) is 5.56 Å². The van der Waals surface area contributed by atoms with E-state index in [1.165, 1.54) is 6.20 Å². The molecule has 1 aliphatic rings. The van der Waals surface area contributed by atoms with Crippen LogP contribution in [-0.4, -0.2) is 51.3 Å². The average molecular weight is 428 g/mol. The quantitative estimate of drug-likeness (QED) is 0.442. The van der Waals surface area contributed by atoms with Crippen LogP contribution in [0.5, 0.6) is 0 Å². The van der Waals surface area contributed by atoms with Crippen molar-refractivity contribution in [2.45, 2.75) is 10.5 Å². The number of nitrogens with one attached hydrogen (secondary N) is 1. The van der Waals surface area contributed by atoms with Crippen molar-refractivity contribution in [1.29, 1.82) is 0 Å². The van der Waals surface area contributed by atoms with Crippen molar-refractivity contribution in [1.82, 2.24) is 9.88 Å². The number of alkyl halides is 1. The molecule has 23 heavy (non-hydrogen) atoms. The monoisotopic (exact) mass is 428 g/mol. The van der Waals surface area contributed by atoms with E-state index in [1.54, 1.807) is 6.07 Å². The first-order chi connectivity index (χ1) is 11.1. The number of halogens is 1. The van der Waals surface area contributed by atoms with Crippen LogP contribution >= 0.6 is 22.6 Å². The summed E-state index contributed by atoms with van der Waals surface area (Å²) >= 11 is 2.40. The van der Waals surface area contributed by atoms with Crippen LogP contribution in [0.25, 0.3) is 10.9 Å². The zero-order chi connectivity index (χ0) is 16.4. The van der Waals surface area contributed by atoms with Gasteiger partial charge in [0, 0.05) is 30.2 Å². The molecule has 1 saturated heterocycles. The molecular formula is C16H17IN2O4. The lowest BCUT2D eigenvalue weighted by atomic mass is 10.1. The molecule has 2 heterocycles. The van der Waals surface area contributed by atoms with Crippen LogP contribution in [0.2, 0.25) is 0 Å². The molecule has 6 nitrogen and oxygen atoms in total. The van der Waals surface area contributed by atoms with Crippen molar-refractivity contribution in [2.24, 2.45) is 0 Å². The van der Waals surface area contributed by atoms with Crippen molar-refractivity contribution in [3.63, 3.8) is 0 Å². The highest BCUT2D eigenvalue weighted by molar-refractivity contribution is 14.1. The minimum Gasteiger partial charge on any atom is -0.477 e. The smallest absolute Gasteiger partial charge is 0.341 e. The van der Waals surface area contributed by atoms with Gasteiger partial charge in [-0.15, -0.1) is 0 Å². The first-order valence-corrected chi connectivity index (χ1v) is 8.64. The second-order valence-electron chi connectivity index (χ2n) is 5.50. The van der Waals surface area contributed by atoms with Crippen LogP contribution in [0, 0.1) is 0 Å². The second kappa shape index (κ2) is 6.98. The molecule has 2 N–H and O–H groups in total. The van der Waals surface area contributed by atoms with Gasteiger partial charge >= 0.3 is 5.97 Å². The summed E-state index contributed by atoms with van der Waals surface area (Å²) in [7, 11) is 0. The van der Waals surface area contributed by atoms with E-state index in [9.17, 15) is 9.59 Å². The van der Waals surface area contributed by atoms with Gasteiger partial charge in [0.25, 0.3) is 0 Å². The third kappa shape index (κ3) is 3.56. The van der Waals surface area contributed by atoms with Crippen molar-refractivity contribution in [2.75, 3.05) is 26.3 Å². The van der Waals surface area contributed by atoms with Gasteiger partial charge in [-0.25, -0.2) is 4.79 Å². The number of pyridine rings is 1. The van der Waals surface area contributed by atoms with Gasteiger partial charge in [0.2, 0.25) is 5.43 Å². The van der Waals surface area contributed by atoms with E-state index in [1.807, 2.05) is 12.1 Å². The van der Waals surface area contributed by atoms with Gasteiger partial charge < -0.3 is 14.8 Å². The minimum atomic E-state index is -1.21. The topological polar surface area (TPSA) is 82.6 Å². The lowest BCUT2D eigenvalue weighted by molar-refractivity contribution is 0.0352. The molecule has 1 atom stereocenters. The third-order valence-corrected chi connectivity index (χ3v) is 5.25. The van der Waals surface area contributed by atoms with E-state index in [2.05, 4.69) is 32.5 Å². The molecule has 0 unspecified atom stereocenters. The second-order valence-corrected chi connectivity index (χ2v) is 6.94. The number of ether oxygens (including phenoxy) is 1. The Kier molecular flexibility index (Phi) is 4.98. The Morgan fingerprint density at radius 3 is 2.83 bits per heavy atom. The number of morpholine rings is 1. The highest BCUT2D eigenvalue weighted by Crippen LogP contribution is 2.19. The number of aromatic carboxylic acids is 1. The van der Waals surface area contributed by atoms with Crippen molar-refractivity contribution in [3.8, 4) is 0 Å². The third-order valence-electron chi connectivity index (χ3n) is 4.02. The standard InChI is InChI=1S/C16H17IN2O4/c17-14(19-3-5-23-6-4-19)8-10-1-2-13-11(7-10)15(20)12(9-18-13)16(21)22/h1-2,7,9,14H,3-6,8H2,(H,18,20)(H,21,22)/t14-/m1/s1. The van der Waals surface area contributed by atoms with Gasteiger partial charge in [0.05, 0.1) is 17.3 Å². The van der Waals surface area contributed by atoms with Gasteiger partial charge in [-0.3, -0.25) is 9.69 Å². The molecule has 1 aromatic heterocycles. The van der Waals surface area contributed by atoms with Crippen LogP contribution in [0.15, 0.2) is 29.2 Å². The Bertz CT molecular complexity index is 783. The summed E-state index contributed by atoms with van der Waals surface area (Å²) in [4.78, 5) is 28.6. The SMILES string of the molecule is O=C(O)c1c[nH]c2ccc(C[C@H](I)N3CCOCC3)cc2c1=O. The molecule has 122 valence electrons. The largest absolute Gasteiger partial charge is 0.477 e. The van der Waals surface area contributed by atoms with E-state index in [0.717, 1.165) is 38.3 Å². The Morgan fingerprint density at radius 2 is 2.13 bits per heavy atom. The summed E-state index contributed by atoms with van der Waals surface area (Å²) < 4.78 is 5.68. The Labute approximate surface area is 146 Å². The number of carbonyl (C=O) groups is 1. The predicted molar refractivity (Wildman–Crippen MR) is 95.4 cm³/mol. The fourth-order valence-corrected chi connectivity index (χ4v) is 3.80. The zero-order valence-electron chi connectivity index (χ0n) is 12.4. The van der Waals surface area contributed by atoms with Crippen molar-refractivity contribution >= 4 is 39.5 Å². The maximum absolute atomic E-state index is 12.3. The minimum absolute atomic E-state index is 0.228. The highest BCUT2D eigenvalue weighted by atomic mass is 127. The van der Waals surface area contributed by atoms with Crippen molar-refractivity contribution in [3.05, 3.63) is 45.7 Å². The molecular weight excluding hydrogens is 411 g/mol. The Balaban J connectivity index is 1.88. The molecule has 1 aliphatic heterocycles. The molecule has 1 aromatic carbocycles. The summed E-state index contributed by atoms with van der Waals surface area (Å²) in [5, 5.41) is 9.49.